The fourth-order valence-corrected chi connectivity index (χ4v) is 4.23. The number of fused-ring (bicyclic) bond motifs is 2. The van der Waals surface area contributed by atoms with Gasteiger partial charge in [0.1, 0.15) is 5.60 Å². The highest BCUT2D eigenvalue weighted by molar-refractivity contribution is 5.10. The first kappa shape index (κ1) is 15.3. The van der Waals surface area contributed by atoms with Crippen molar-refractivity contribution in [1.29, 1.82) is 0 Å². The van der Waals surface area contributed by atoms with Crippen LogP contribution in [0.25, 0.3) is 0 Å². The molecule has 1 saturated carbocycles. The Labute approximate surface area is 118 Å². The van der Waals surface area contributed by atoms with E-state index in [0.29, 0.717) is 12.5 Å². The quantitative estimate of drug-likeness (QED) is 0.788. The van der Waals surface area contributed by atoms with Crippen LogP contribution in [-0.4, -0.2) is 38.6 Å². The van der Waals surface area contributed by atoms with E-state index in [0.717, 1.165) is 12.8 Å². The maximum atomic E-state index is 6.38. The average Bonchev–Trinajstić information content (AvgIpc) is 2.46. The van der Waals surface area contributed by atoms with Crippen molar-refractivity contribution >= 4 is 0 Å². The van der Waals surface area contributed by atoms with Crippen LogP contribution in [-0.2, 0) is 14.2 Å². The summed E-state index contributed by atoms with van der Waals surface area (Å²) < 4.78 is 17.7. The van der Waals surface area contributed by atoms with Gasteiger partial charge in [-0.1, -0.05) is 27.7 Å². The smallest absolute Gasteiger partial charge is 0.119 e. The van der Waals surface area contributed by atoms with Gasteiger partial charge in [0.25, 0.3) is 0 Å². The van der Waals surface area contributed by atoms with Crippen molar-refractivity contribution in [3.8, 4) is 0 Å². The molecule has 0 aromatic carbocycles. The Hall–Kier alpha value is -0.120. The molecule has 1 saturated heterocycles. The molecule has 1 aliphatic carbocycles. The van der Waals surface area contributed by atoms with Crippen molar-refractivity contribution in [3.63, 3.8) is 0 Å². The zero-order chi connectivity index (χ0) is 14.5. The molecule has 0 N–H and O–H groups in total. The van der Waals surface area contributed by atoms with Gasteiger partial charge in [-0.15, -0.1) is 0 Å². The lowest BCUT2D eigenvalue weighted by Gasteiger charge is -2.46. The maximum absolute atomic E-state index is 6.38. The molecule has 3 nitrogen and oxygen atoms in total. The van der Waals surface area contributed by atoms with Crippen LogP contribution in [0.4, 0.5) is 0 Å². The second-order valence-electron chi connectivity index (χ2n) is 7.79. The Balaban J connectivity index is 2.44. The van der Waals surface area contributed by atoms with Gasteiger partial charge < -0.3 is 14.2 Å². The van der Waals surface area contributed by atoms with Gasteiger partial charge in [-0.2, -0.15) is 0 Å². The predicted octanol–water partition coefficient (Wildman–Crippen LogP) is 3.27. The minimum Gasteiger partial charge on any atom is -0.382 e. The summed E-state index contributed by atoms with van der Waals surface area (Å²) in [7, 11) is 3.57. The van der Waals surface area contributed by atoms with Crippen LogP contribution in [0.3, 0.4) is 0 Å². The first-order valence-electron chi connectivity index (χ1n) is 7.39. The van der Waals surface area contributed by atoms with Gasteiger partial charge in [0.05, 0.1) is 18.8 Å². The molecule has 2 bridgehead atoms. The summed E-state index contributed by atoms with van der Waals surface area (Å²) in [5, 5.41) is 0. The second-order valence-corrected chi connectivity index (χ2v) is 7.79. The summed E-state index contributed by atoms with van der Waals surface area (Å²) in [4.78, 5) is 0. The van der Waals surface area contributed by atoms with Crippen LogP contribution in [0.2, 0.25) is 0 Å². The third kappa shape index (κ3) is 2.24. The van der Waals surface area contributed by atoms with E-state index in [2.05, 4.69) is 34.6 Å². The molecule has 2 fully saturated rings. The molecule has 0 spiro atoms. The largest absolute Gasteiger partial charge is 0.382 e. The Kier molecular flexibility index (Phi) is 3.79. The van der Waals surface area contributed by atoms with Gasteiger partial charge in [-0.25, -0.2) is 0 Å². The molecule has 0 radical (unpaired) electrons. The second kappa shape index (κ2) is 4.71. The summed E-state index contributed by atoms with van der Waals surface area (Å²) in [6, 6.07) is 0. The minimum atomic E-state index is -0.287. The zero-order valence-corrected chi connectivity index (χ0v) is 13.6. The van der Waals surface area contributed by atoms with Gasteiger partial charge >= 0.3 is 0 Å². The fraction of sp³-hybridized carbons (Fsp3) is 1.00. The van der Waals surface area contributed by atoms with E-state index < -0.39 is 0 Å². The summed E-state index contributed by atoms with van der Waals surface area (Å²) in [5.74, 6) is 0.455. The molecular formula is C16H30O3. The van der Waals surface area contributed by atoms with Crippen LogP contribution in [0.15, 0.2) is 0 Å². The van der Waals surface area contributed by atoms with Crippen molar-refractivity contribution in [1.82, 2.24) is 0 Å². The number of ether oxygens (including phenoxy) is 3. The molecule has 1 heterocycles. The average molecular weight is 270 g/mol. The van der Waals surface area contributed by atoms with Crippen molar-refractivity contribution in [2.75, 3.05) is 20.8 Å². The number of hydrogen-bond acceptors (Lipinski definition) is 3. The van der Waals surface area contributed by atoms with Crippen molar-refractivity contribution < 1.29 is 14.2 Å². The lowest BCUT2D eigenvalue weighted by Crippen LogP contribution is -2.49. The van der Waals surface area contributed by atoms with Gasteiger partial charge in [0.2, 0.25) is 0 Å². The van der Waals surface area contributed by atoms with Gasteiger partial charge in [0, 0.05) is 20.1 Å². The molecule has 0 aromatic heterocycles. The molecule has 3 heteroatoms. The van der Waals surface area contributed by atoms with E-state index in [-0.39, 0.29) is 28.6 Å². The molecular weight excluding hydrogens is 240 g/mol. The Bertz CT molecular complexity index is 337. The van der Waals surface area contributed by atoms with Gasteiger partial charge in [-0.05, 0) is 30.6 Å². The molecule has 4 atom stereocenters. The Morgan fingerprint density at radius 2 is 1.74 bits per heavy atom. The number of methoxy groups -OCH3 is 2. The molecule has 4 unspecified atom stereocenters. The molecule has 1 aliphatic heterocycles. The SMILES string of the molecule is COCC12CC(C)(C)C(C)(C)CC(C(C)O1)C2OC. The summed E-state index contributed by atoms with van der Waals surface area (Å²) >= 11 is 0. The minimum absolute atomic E-state index is 0.142. The van der Waals surface area contributed by atoms with E-state index in [1.807, 2.05) is 7.11 Å². The van der Waals surface area contributed by atoms with Crippen LogP contribution in [0.1, 0.15) is 47.5 Å². The summed E-state index contributed by atoms with van der Waals surface area (Å²) in [5.41, 5.74) is 0.198. The number of hydrogen-bond donors (Lipinski definition) is 0. The Morgan fingerprint density at radius 1 is 1.11 bits per heavy atom. The van der Waals surface area contributed by atoms with Crippen molar-refractivity contribution in [3.05, 3.63) is 0 Å². The summed E-state index contributed by atoms with van der Waals surface area (Å²) in [6.45, 7) is 12.3. The van der Waals surface area contributed by atoms with E-state index in [1.165, 1.54) is 0 Å². The van der Waals surface area contributed by atoms with Crippen LogP contribution >= 0.6 is 0 Å². The van der Waals surface area contributed by atoms with Crippen LogP contribution < -0.4 is 0 Å². The highest BCUT2D eigenvalue weighted by atomic mass is 16.6. The fourth-order valence-electron chi connectivity index (χ4n) is 4.23. The van der Waals surface area contributed by atoms with E-state index >= 15 is 0 Å². The third-order valence-electron chi connectivity index (χ3n) is 5.89. The van der Waals surface area contributed by atoms with Crippen LogP contribution in [0, 0.1) is 16.7 Å². The zero-order valence-electron chi connectivity index (χ0n) is 13.6. The molecule has 112 valence electrons. The topological polar surface area (TPSA) is 27.7 Å². The maximum Gasteiger partial charge on any atom is 0.119 e. The van der Waals surface area contributed by atoms with Gasteiger partial charge in [-0.3, -0.25) is 0 Å². The molecule has 19 heavy (non-hydrogen) atoms. The van der Waals surface area contributed by atoms with E-state index in [1.54, 1.807) is 7.11 Å². The molecule has 2 rings (SSSR count). The lowest BCUT2D eigenvalue weighted by molar-refractivity contribution is -0.151. The highest BCUT2D eigenvalue weighted by Gasteiger charge is 2.61. The molecule has 0 amide bonds. The van der Waals surface area contributed by atoms with E-state index in [4.69, 9.17) is 14.2 Å². The predicted molar refractivity (Wildman–Crippen MR) is 76.2 cm³/mol. The first-order chi connectivity index (χ1) is 8.69. The molecule has 2 aliphatic rings. The molecule has 0 aromatic rings. The van der Waals surface area contributed by atoms with E-state index in [9.17, 15) is 0 Å². The Morgan fingerprint density at radius 3 is 2.26 bits per heavy atom. The van der Waals surface area contributed by atoms with Gasteiger partial charge in [0.15, 0.2) is 0 Å². The van der Waals surface area contributed by atoms with Crippen molar-refractivity contribution in [2.24, 2.45) is 16.7 Å². The monoisotopic (exact) mass is 270 g/mol. The third-order valence-corrected chi connectivity index (χ3v) is 5.89. The first-order valence-corrected chi connectivity index (χ1v) is 7.39. The summed E-state index contributed by atoms with van der Waals surface area (Å²) in [6.07, 6.45) is 2.52. The van der Waals surface area contributed by atoms with Crippen molar-refractivity contribution in [2.45, 2.75) is 65.3 Å². The highest BCUT2D eigenvalue weighted by Crippen LogP contribution is 2.58. The standard InChI is InChI=1S/C16H30O3/c1-11-12-8-14(2,3)15(4,5)9-16(19-11,10-17-6)13(12)18-7/h11-13H,8-10H2,1-7H3. The van der Waals surface area contributed by atoms with Crippen LogP contribution in [0.5, 0.6) is 0 Å². The lowest BCUT2D eigenvalue weighted by atomic mass is 9.62. The number of rotatable bonds is 3. The normalized spacial score (nSPS) is 44.1.